The zero-order valence-corrected chi connectivity index (χ0v) is 21.3. The van der Waals surface area contributed by atoms with E-state index in [-0.39, 0.29) is 47.6 Å². The van der Waals surface area contributed by atoms with E-state index < -0.39 is 11.7 Å². The highest BCUT2D eigenvalue weighted by Crippen LogP contribution is 2.42. The number of alkyl halides is 2. The Hall–Kier alpha value is -3.30. The lowest BCUT2D eigenvalue weighted by atomic mass is 9.96. The molecule has 198 valence electrons. The summed E-state index contributed by atoms with van der Waals surface area (Å²) in [6.45, 7) is 1.30. The van der Waals surface area contributed by atoms with E-state index in [4.69, 9.17) is 16.3 Å². The number of hydrogen-bond donors (Lipinski definition) is 1. The van der Waals surface area contributed by atoms with Crippen molar-refractivity contribution in [2.45, 2.75) is 25.2 Å². The lowest BCUT2D eigenvalue weighted by Crippen LogP contribution is -2.57. The zero-order chi connectivity index (χ0) is 26.4. The standard InChI is InChI=1S/C28H26ClF3N4O2/c29-22-14-21-25(24(30)23(22)20-13-18(37)12-17-6-2-3-7-19(17)20)33-27(34-26(21)36-8-4-1-5-9-36)38-11-10-35-15-28(31,32)16-35/h2-3,6-7,12-14,37H,1,4-5,8-11,15-16H2. The molecule has 0 bridgehead atoms. The van der Waals surface area contributed by atoms with Crippen LogP contribution in [-0.2, 0) is 0 Å². The topological polar surface area (TPSA) is 61.7 Å². The number of ether oxygens (including phenoxy) is 1. The molecule has 2 aliphatic rings. The third-order valence-electron chi connectivity index (χ3n) is 7.16. The number of halogens is 4. The van der Waals surface area contributed by atoms with Crippen molar-refractivity contribution in [2.24, 2.45) is 0 Å². The Bertz CT molecular complexity index is 1520. The maximum atomic E-state index is 16.4. The third kappa shape index (κ3) is 4.69. The fourth-order valence-corrected chi connectivity index (χ4v) is 5.65. The minimum Gasteiger partial charge on any atom is -0.508 e. The number of phenolic OH excluding ortho intramolecular Hbond substituents is 1. The second-order valence-electron chi connectivity index (χ2n) is 9.95. The van der Waals surface area contributed by atoms with Crippen LogP contribution in [0.4, 0.5) is 19.0 Å². The van der Waals surface area contributed by atoms with E-state index in [0.29, 0.717) is 23.3 Å². The number of aromatic hydroxyl groups is 1. The average Bonchev–Trinajstić information content (AvgIpc) is 2.88. The van der Waals surface area contributed by atoms with E-state index in [1.165, 1.54) is 6.07 Å². The number of rotatable bonds is 6. The molecule has 2 aliphatic heterocycles. The molecule has 0 atom stereocenters. The van der Waals surface area contributed by atoms with Gasteiger partial charge in [-0.25, -0.2) is 13.2 Å². The van der Waals surface area contributed by atoms with Crippen LogP contribution in [0.2, 0.25) is 5.02 Å². The summed E-state index contributed by atoms with van der Waals surface area (Å²) < 4.78 is 48.5. The molecular weight excluding hydrogens is 517 g/mol. The average molecular weight is 543 g/mol. The summed E-state index contributed by atoms with van der Waals surface area (Å²) >= 11 is 6.72. The number of anilines is 1. The molecule has 0 spiro atoms. The number of phenols is 1. The van der Waals surface area contributed by atoms with Crippen molar-refractivity contribution in [3.8, 4) is 22.9 Å². The van der Waals surface area contributed by atoms with Gasteiger partial charge in [-0.15, -0.1) is 0 Å². The van der Waals surface area contributed by atoms with Crippen LogP contribution in [0.5, 0.6) is 11.8 Å². The maximum Gasteiger partial charge on any atom is 0.319 e. The Morgan fingerprint density at radius 1 is 1.00 bits per heavy atom. The Balaban J connectivity index is 1.45. The monoisotopic (exact) mass is 542 g/mol. The van der Waals surface area contributed by atoms with Crippen molar-refractivity contribution in [1.82, 2.24) is 14.9 Å². The molecule has 6 rings (SSSR count). The minimum atomic E-state index is -2.66. The van der Waals surface area contributed by atoms with Crippen LogP contribution in [0.25, 0.3) is 32.8 Å². The molecule has 0 aliphatic carbocycles. The molecule has 38 heavy (non-hydrogen) atoms. The van der Waals surface area contributed by atoms with Gasteiger partial charge >= 0.3 is 6.01 Å². The van der Waals surface area contributed by atoms with Crippen molar-refractivity contribution >= 4 is 39.1 Å². The summed E-state index contributed by atoms with van der Waals surface area (Å²) in [4.78, 5) is 12.7. The van der Waals surface area contributed by atoms with Gasteiger partial charge in [-0.2, -0.15) is 9.97 Å². The first-order valence-electron chi connectivity index (χ1n) is 12.7. The van der Waals surface area contributed by atoms with E-state index in [2.05, 4.69) is 14.9 Å². The zero-order valence-electron chi connectivity index (χ0n) is 20.6. The van der Waals surface area contributed by atoms with Gasteiger partial charge in [0.1, 0.15) is 23.7 Å². The molecule has 0 unspecified atom stereocenters. The van der Waals surface area contributed by atoms with Crippen molar-refractivity contribution in [2.75, 3.05) is 44.2 Å². The first-order valence-corrected chi connectivity index (χ1v) is 13.1. The van der Waals surface area contributed by atoms with Gasteiger partial charge in [0, 0.05) is 30.6 Å². The SMILES string of the molecule is Oc1cc(-c2c(Cl)cc3c(N4CCCCC4)nc(OCCN4CC(F)(F)C4)nc3c2F)c2ccccc2c1. The molecule has 3 aromatic carbocycles. The Labute approximate surface area is 222 Å². The van der Waals surface area contributed by atoms with Crippen LogP contribution in [0, 0.1) is 5.82 Å². The minimum absolute atomic E-state index is 0.00782. The summed E-state index contributed by atoms with van der Waals surface area (Å²) in [6.07, 6.45) is 3.07. The summed E-state index contributed by atoms with van der Waals surface area (Å²) in [5, 5.41) is 12.5. The Kier molecular flexibility index (Phi) is 6.44. The van der Waals surface area contributed by atoms with E-state index in [1.807, 2.05) is 24.3 Å². The van der Waals surface area contributed by atoms with E-state index >= 15 is 4.39 Å². The van der Waals surface area contributed by atoms with Crippen molar-refractivity contribution in [1.29, 1.82) is 0 Å². The number of fused-ring (bicyclic) bond motifs is 2. The molecule has 10 heteroatoms. The smallest absolute Gasteiger partial charge is 0.319 e. The highest BCUT2D eigenvalue weighted by molar-refractivity contribution is 6.35. The fourth-order valence-electron chi connectivity index (χ4n) is 5.35. The van der Waals surface area contributed by atoms with Crippen LogP contribution >= 0.6 is 11.6 Å². The summed E-state index contributed by atoms with van der Waals surface area (Å²) in [5.41, 5.74) is 0.630. The predicted molar refractivity (Wildman–Crippen MR) is 142 cm³/mol. The lowest BCUT2D eigenvalue weighted by molar-refractivity contribution is -0.132. The number of nitrogens with zero attached hydrogens (tertiary/aromatic N) is 4. The molecule has 1 aromatic heterocycles. The summed E-state index contributed by atoms with van der Waals surface area (Å²) in [5.74, 6) is -2.77. The van der Waals surface area contributed by atoms with Gasteiger partial charge in [0.05, 0.1) is 18.1 Å². The second kappa shape index (κ2) is 9.78. The van der Waals surface area contributed by atoms with Gasteiger partial charge in [0.15, 0.2) is 5.82 Å². The molecule has 1 N–H and O–H groups in total. The first-order chi connectivity index (χ1) is 18.3. The van der Waals surface area contributed by atoms with Gasteiger partial charge in [-0.1, -0.05) is 35.9 Å². The van der Waals surface area contributed by atoms with E-state index in [0.717, 1.165) is 43.1 Å². The number of aromatic nitrogens is 2. The molecule has 4 aromatic rings. The number of benzene rings is 3. The molecule has 0 amide bonds. The van der Waals surface area contributed by atoms with Gasteiger partial charge < -0.3 is 14.7 Å². The van der Waals surface area contributed by atoms with Gasteiger partial charge in [-0.3, -0.25) is 4.90 Å². The Morgan fingerprint density at radius 2 is 1.76 bits per heavy atom. The Morgan fingerprint density at radius 3 is 2.53 bits per heavy atom. The van der Waals surface area contributed by atoms with Crippen molar-refractivity contribution in [3.05, 3.63) is 53.3 Å². The molecular formula is C28H26ClF3N4O2. The molecule has 2 saturated heterocycles. The predicted octanol–water partition coefficient (Wildman–Crippen LogP) is 6.27. The molecule has 3 heterocycles. The second-order valence-corrected chi connectivity index (χ2v) is 10.4. The molecule has 0 saturated carbocycles. The lowest BCUT2D eigenvalue weighted by Gasteiger charge is -2.38. The van der Waals surface area contributed by atoms with Gasteiger partial charge in [-0.05, 0) is 53.8 Å². The third-order valence-corrected chi connectivity index (χ3v) is 7.46. The van der Waals surface area contributed by atoms with Gasteiger partial charge in [0.2, 0.25) is 0 Å². The van der Waals surface area contributed by atoms with Crippen LogP contribution in [0.15, 0.2) is 42.5 Å². The molecule has 0 radical (unpaired) electrons. The number of piperidine rings is 1. The van der Waals surface area contributed by atoms with E-state index in [1.54, 1.807) is 17.0 Å². The largest absolute Gasteiger partial charge is 0.508 e. The van der Waals surface area contributed by atoms with E-state index in [9.17, 15) is 13.9 Å². The summed E-state index contributed by atoms with van der Waals surface area (Å²) in [7, 11) is 0. The van der Waals surface area contributed by atoms with Crippen LogP contribution < -0.4 is 9.64 Å². The highest BCUT2D eigenvalue weighted by Gasteiger charge is 2.43. The highest BCUT2D eigenvalue weighted by atomic mass is 35.5. The molecule has 2 fully saturated rings. The quantitative estimate of drug-likeness (QED) is 0.310. The van der Waals surface area contributed by atoms with Crippen molar-refractivity contribution in [3.63, 3.8) is 0 Å². The van der Waals surface area contributed by atoms with Crippen LogP contribution in [0.3, 0.4) is 0 Å². The van der Waals surface area contributed by atoms with Crippen LogP contribution in [0.1, 0.15) is 19.3 Å². The summed E-state index contributed by atoms with van der Waals surface area (Å²) in [6, 6.07) is 12.1. The van der Waals surface area contributed by atoms with Gasteiger partial charge in [0.25, 0.3) is 5.92 Å². The number of likely N-dealkylation sites (tertiary alicyclic amines) is 1. The number of hydrogen-bond acceptors (Lipinski definition) is 6. The fraction of sp³-hybridized carbons (Fsp3) is 0.357. The first kappa shape index (κ1) is 25.0. The van der Waals surface area contributed by atoms with Crippen molar-refractivity contribution < 1.29 is 23.0 Å². The molecule has 6 nitrogen and oxygen atoms in total. The van der Waals surface area contributed by atoms with Crippen LogP contribution in [-0.4, -0.2) is 65.2 Å². The maximum absolute atomic E-state index is 16.4. The normalized spacial score (nSPS) is 17.6.